The van der Waals surface area contributed by atoms with Gasteiger partial charge in [-0.15, -0.1) is 0 Å². The molecule has 19 heavy (non-hydrogen) atoms. The van der Waals surface area contributed by atoms with Crippen molar-refractivity contribution in [2.45, 2.75) is 46.7 Å². The van der Waals surface area contributed by atoms with Crippen LogP contribution in [-0.2, 0) is 11.3 Å². The summed E-state index contributed by atoms with van der Waals surface area (Å²) >= 11 is 0. The van der Waals surface area contributed by atoms with Crippen molar-refractivity contribution >= 4 is 5.91 Å². The van der Waals surface area contributed by atoms with Crippen LogP contribution in [0.1, 0.15) is 45.9 Å². The van der Waals surface area contributed by atoms with Gasteiger partial charge in [-0.05, 0) is 25.8 Å². The molecule has 108 valence electrons. The molecule has 1 amide bonds. The van der Waals surface area contributed by atoms with Crippen LogP contribution in [0, 0.1) is 5.92 Å². The summed E-state index contributed by atoms with van der Waals surface area (Å²) in [4.78, 5) is 16.2. The second-order valence-electron chi connectivity index (χ2n) is 5.28. The maximum atomic E-state index is 12.0. The molecule has 1 unspecified atom stereocenters. The molecule has 0 aromatic carbocycles. The molecular formula is C14H26N4O. The van der Waals surface area contributed by atoms with Crippen LogP contribution in [0.3, 0.4) is 0 Å². The van der Waals surface area contributed by atoms with Crippen LogP contribution in [-0.4, -0.2) is 28.5 Å². The number of carbonyl (C=O) groups excluding carboxylic acids is 1. The van der Waals surface area contributed by atoms with E-state index in [9.17, 15) is 4.79 Å². The van der Waals surface area contributed by atoms with Crippen molar-refractivity contribution in [2.75, 3.05) is 13.1 Å². The predicted octanol–water partition coefficient (Wildman–Crippen LogP) is 1.72. The highest BCUT2D eigenvalue weighted by atomic mass is 16.2. The Morgan fingerprint density at radius 1 is 1.42 bits per heavy atom. The standard InChI is InChI=1S/C14H26N4O/c1-5-6-15-8-13-9-16-10-18(13)12(4)14(19)17-7-11(2)3/h9-12,15H,5-8H2,1-4H3,(H,17,19). The SMILES string of the molecule is CCCNCc1cncn1C(C)C(=O)NCC(C)C. The van der Waals surface area contributed by atoms with E-state index in [-0.39, 0.29) is 11.9 Å². The topological polar surface area (TPSA) is 59.0 Å². The van der Waals surface area contributed by atoms with Crippen molar-refractivity contribution in [3.63, 3.8) is 0 Å². The van der Waals surface area contributed by atoms with Gasteiger partial charge in [0.1, 0.15) is 6.04 Å². The molecule has 0 saturated carbocycles. The van der Waals surface area contributed by atoms with Gasteiger partial charge in [-0.2, -0.15) is 0 Å². The lowest BCUT2D eigenvalue weighted by Gasteiger charge is -2.17. The molecule has 1 heterocycles. The lowest BCUT2D eigenvalue weighted by molar-refractivity contribution is -0.124. The van der Waals surface area contributed by atoms with Gasteiger partial charge in [-0.1, -0.05) is 20.8 Å². The molecule has 2 N–H and O–H groups in total. The first kappa shape index (κ1) is 15.7. The summed E-state index contributed by atoms with van der Waals surface area (Å²) in [6.45, 7) is 10.6. The smallest absolute Gasteiger partial charge is 0.242 e. The molecule has 0 aliphatic carbocycles. The van der Waals surface area contributed by atoms with Crippen LogP contribution in [0.5, 0.6) is 0 Å². The van der Waals surface area contributed by atoms with Crippen LogP contribution in [0.25, 0.3) is 0 Å². The van der Waals surface area contributed by atoms with Gasteiger partial charge in [-0.25, -0.2) is 4.98 Å². The Labute approximate surface area is 115 Å². The molecule has 5 nitrogen and oxygen atoms in total. The van der Waals surface area contributed by atoms with E-state index in [1.807, 2.05) is 17.7 Å². The Balaban J connectivity index is 2.58. The van der Waals surface area contributed by atoms with E-state index >= 15 is 0 Å². The second-order valence-corrected chi connectivity index (χ2v) is 5.28. The first-order valence-electron chi connectivity index (χ1n) is 7.05. The van der Waals surface area contributed by atoms with E-state index in [0.717, 1.165) is 25.2 Å². The zero-order valence-corrected chi connectivity index (χ0v) is 12.4. The van der Waals surface area contributed by atoms with Gasteiger partial charge >= 0.3 is 0 Å². The Kier molecular flexibility index (Phi) is 6.56. The maximum absolute atomic E-state index is 12.0. The quantitative estimate of drug-likeness (QED) is 0.704. The van der Waals surface area contributed by atoms with E-state index in [0.29, 0.717) is 12.5 Å². The molecule has 1 aromatic rings. The highest BCUT2D eigenvalue weighted by Gasteiger charge is 2.17. The summed E-state index contributed by atoms with van der Waals surface area (Å²) in [5, 5.41) is 6.29. The van der Waals surface area contributed by atoms with Gasteiger partial charge in [0.15, 0.2) is 0 Å². The molecule has 0 saturated heterocycles. The first-order valence-corrected chi connectivity index (χ1v) is 7.05. The minimum absolute atomic E-state index is 0.0449. The average molecular weight is 266 g/mol. The Morgan fingerprint density at radius 3 is 2.79 bits per heavy atom. The highest BCUT2D eigenvalue weighted by Crippen LogP contribution is 2.10. The van der Waals surface area contributed by atoms with E-state index in [2.05, 4.69) is 36.4 Å². The fraction of sp³-hybridized carbons (Fsp3) is 0.714. The molecule has 5 heteroatoms. The maximum Gasteiger partial charge on any atom is 0.242 e. The van der Waals surface area contributed by atoms with Crippen LogP contribution >= 0.6 is 0 Å². The van der Waals surface area contributed by atoms with E-state index in [1.54, 1.807) is 6.33 Å². The minimum Gasteiger partial charge on any atom is -0.354 e. The predicted molar refractivity (Wildman–Crippen MR) is 76.8 cm³/mol. The van der Waals surface area contributed by atoms with Crippen molar-refractivity contribution in [1.29, 1.82) is 0 Å². The molecule has 1 aromatic heterocycles. The fourth-order valence-corrected chi connectivity index (χ4v) is 1.79. The lowest BCUT2D eigenvalue weighted by Crippen LogP contribution is -2.34. The zero-order valence-electron chi connectivity index (χ0n) is 12.4. The summed E-state index contributed by atoms with van der Waals surface area (Å²) < 4.78 is 1.93. The second kappa shape index (κ2) is 7.94. The Bertz CT molecular complexity index is 387. The first-order chi connectivity index (χ1) is 9.06. The van der Waals surface area contributed by atoms with Gasteiger partial charge in [0.25, 0.3) is 0 Å². The number of hydrogen-bond donors (Lipinski definition) is 2. The van der Waals surface area contributed by atoms with Crippen molar-refractivity contribution in [3.8, 4) is 0 Å². The summed E-state index contributed by atoms with van der Waals surface area (Å²) in [6.07, 6.45) is 4.63. The molecule has 0 radical (unpaired) electrons. The molecule has 0 fully saturated rings. The van der Waals surface area contributed by atoms with Gasteiger partial charge < -0.3 is 15.2 Å². The summed E-state index contributed by atoms with van der Waals surface area (Å²) in [7, 11) is 0. The van der Waals surface area contributed by atoms with Crippen LogP contribution in [0.2, 0.25) is 0 Å². The molecule has 0 spiro atoms. The van der Waals surface area contributed by atoms with E-state index < -0.39 is 0 Å². The normalized spacial score (nSPS) is 12.7. The van der Waals surface area contributed by atoms with Gasteiger partial charge in [0.2, 0.25) is 5.91 Å². The summed E-state index contributed by atoms with van der Waals surface area (Å²) in [6, 6.07) is -0.223. The number of hydrogen-bond acceptors (Lipinski definition) is 3. The van der Waals surface area contributed by atoms with Crippen molar-refractivity contribution in [1.82, 2.24) is 20.2 Å². The van der Waals surface area contributed by atoms with Crippen LogP contribution in [0.15, 0.2) is 12.5 Å². The third kappa shape index (κ3) is 5.03. The monoisotopic (exact) mass is 266 g/mol. The van der Waals surface area contributed by atoms with Gasteiger partial charge in [0, 0.05) is 19.3 Å². The number of rotatable bonds is 8. The Morgan fingerprint density at radius 2 is 2.16 bits per heavy atom. The summed E-state index contributed by atoms with van der Waals surface area (Å²) in [5.41, 5.74) is 1.04. The number of amides is 1. The number of nitrogens with one attached hydrogen (secondary N) is 2. The molecular weight excluding hydrogens is 240 g/mol. The third-order valence-electron chi connectivity index (χ3n) is 2.96. The lowest BCUT2D eigenvalue weighted by atomic mass is 10.2. The fourth-order valence-electron chi connectivity index (χ4n) is 1.79. The molecule has 0 aliphatic heterocycles. The number of carbonyl (C=O) groups is 1. The number of nitrogens with zero attached hydrogens (tertiary/aromatic N) is 2. The molecule has 0 aliphatic rings. The third-order valence-corrected chi connectivity index (χ3v) is 2.96. The molecule has 0 bridgehead atoms. The highest BCUT2D eigenvalue weighted by molar-refractivity contribution is 5.79. The van der Waals surface area contributed by atoms with Crippen LogP contribution < -0.4 is 10.6 Å². The number of imidazole rings is 1. The van der Waals surface area contributed by atoms with Crippen molar-refractivity contribution in [3.05, 3.63) is 18.2 Å². The van der Waals surface area contributed by atoms with Gasteiger partial charge in [0.05, 0.1) is 12.0 Å². The minimum atomic E-state index is -0.223. The van der Waals surface area contributed by atoms with E-state index in [1.165, 1.54) is 0 Å². The van der Waals surface area contributed by atoms with Gasteiger partial charge in [-0.3, -0.25) is 4.79 Å². The molecule has 1 atom stereocenters. The van der Waals surface area contributed by atoms with Crippen molar-refractivity contribution < 1.29 is 4.79 Å². The van der Waals surface area contributed by atoms with E-state index in [4.69, 9.17) is 0 Å². The number of aromatic nitrogens is 2. The largest absolute Gasteiger partial charge is 0.354 e. The van der Waals surface area contributed by atoms with Crippen LogP contribution in [0.4, 0.5) is 0 Å². The molecule has 1 rings (SSSR count). The summed E-state index contributed by atoms with van der Waals surface area (Å²) in [5.74, 6) is 0.507. The zero-order chi connectivity index (χ0) is 14.3. The average Bonchev–Trinajstić information content (AvgIpc) is 2.83. The Hall–Kier alpha value is -1.36. The van der Waals surface area contributed by atoms with Crippen molar-refractivity contribution in [2.24, 2.45) is 5.92 Å².